The van der Waals surface area contributed by atoms with Gasteiger partial charge < -0.3 is 10.2 Å². The van der Waals surface area contributed by atoms with Gasteiger partial charge >= 0.3 is 0 Å². The molecule has 1 aliphatic heterocycles. The average Bonchev–Trinajstić information content (AvgIpc) is 3.06. The number of likely N-dealkylation sites (tertiary alicyclic amines) is 1. The van der Waals surface area contributed by atoms with Gasteiger partial charge in [-0.25, -0.2) is 0 Å². The summed E-state index contributed by atoms with van der Waals surface area (Å²) in [4.78, 5) is 28.6. The summed E-state index contributed by atoms with van der Waals surface area (Å²) in [6.45, 7) is 2.59. The molecule has 0 unspecified atom stereocenters. The fraction of sp³-hybridized carbons (Fsp3) is 0.455. The average molecular weight is 418 g/mol. The van der Waals surface area contributed by atoms with Gasteiger partial charge in [-0.3, -0.25) is 9.59 Å². The number of quaternary nitrogens is 1. The molecule has 2 aliphatic rings. The van der Waals surface area contributed by atoms with Crippen LogP contribution in [0.1, 0.15) is 58.5 Å². The maximum Gasteiger partial charge on any atom is 0.280 e. The van der Waals surface area contributed by atoms with E-state index in [2.05, 4.69) is 5.32 Å². The summed E-state index contributed by atoms with van der Waals surface area (Å²) in [6, 6.07) is 7.16. The standard InChI is InChI=1S/C22H25ClN2O2S/c23-17-10-4-2-8-15(17)21(27)20-16-9-3-5-11-18(16)28-22(20)24-19(26)14-25-12-6-1-7-13-25/h2,4,8,10H,1,3,5-7,9,11-14H2,(H,24,26)/p+1. The third-order valence-corrected chi connectivity index (χ3v) is 7.28. The van der Waals surface area contributed by atoms with E-state index < -0.39 is 0 Å². The van der Waals surface area contributed by atoms with Crippen molar-refractivity contribution in [2.75, 3.05) is 25.0 Å². The lowest BCUT2D eigenvalue weighted by Gasteiger charge is -2.22. The zero-order valence-corrected chi connectivity index (χ0v) is 17.6. The van der Waals surface area contributed by atoms with Crippen molar-refractivity contribution in [1.29, 1.82) is 0 Å². The lowest BCUT2D eigenvalue weighted by atomic mass is 9.92. The van der Waals surface area contributed by atoms with E-state index in [0.717, 1.165) is 44.3 Å². The number of thiophene rings is 1. The van der Waals surface area contributed by atoms with E-state index in [1.807, 2.05) is 12.1 Å². The van der Waals surface area contributed by atoms with Gasteiger partial charge in [0.1, 0.15) is 5.00 Å². The highest BCUT2D eigenvalue weighted by atomic mass is 35.5. The number of hydrogen-bond acceptors (Lipinski definition) is 3. The summed E-state index contributed by atoms with van der Waals surface area (Å²) in [5.41, 5.74) is 2.28. The number of aryl methyl sites for hydroxylation is 1. The Morgan fingerprint density at radius 1 is 1.04 bits per heavy atom. The van der Waals surface area contributed by atoms with Crippen molar-refractivity contribution in [3.8, 4) is 0 Å². The lowest BCUT2D eigenvalue weighted by molar-refractivity contribution is -0.896. The zero-order valence-electron chi connectivity index (χ0n) is 16.0. The van der Waals surface area contributed by atoms with Gasteiger partial charge in [0.15, 0.2) is 12.3 Å². The van der Waals surface area contributed by atoms with Crippen molar-refractivity contribution >= 4 is 39.6 Å². The fourth-order valence-electron chi connectivity index (χ4n) is 4.30. The molecule has 4 rings (SSSR count). The molecule has 0 radical (unpaired) electrons. The molecule has 0 atom stereocenters. The fourth-order valence-corrected chi connectivity index (χ4v) is 5.83. The van der Waals surface area contributed by atoms with Gasteiger partial charge in [-0.15, -0.1) is 11.3 Å². The van der Waals surface area contributed by atoms with Crippen molar-refractivity contribution in [3.05, 3.63) is 50.9 Å². The molecule has 0 spiro atoms. The van der Waals surface area contributed by atoms with E-state index in [-0.39, 0.29) is 11.7 Å². The van der Waals surface area contributed by atoms with Gasteiger partial charge in [-0.05, 0) is 62.6 Å². The van der Waals surface area contributed by atoms with Crippen LogP contribution in [-0.4, -0.2) is 31.3 Å². The van der Waals surface area contributed by atoms with Crippen LogP contribution in [0.25, 0.3) is 0 Å². The SMILES string of the molecule is O=C(C[NH+]1CCCCC1)Nc1sc2c(c1C(=O)c1ccccc1Cl)CCCC2. The molecule has 1 aromatic heterocycles. The summed E-state index contributed by atoms with van der Waals surface area (Å²) in [6.07, 6.45) is 7.73. The third kappa shape index (κ3) is 4.17. The van der Waals surface area contributed by atoms with E-state index in [4.69, 9.17) is 11.6 Å². The Kier molecular flexibility index (Phi) is 6.14. The van der Waals surface area contributed by atoms with Crippen molar-refractivity contribution in [3.63, 3.8) is 0 Å². The van der Waals surface area contributed by atoms with Gasteiger partial charge in [0.05, 0.1) is 23.7 Å². The first-order valence-corrected chi connectivity index (χ1v) is 11.4. The van der Waals surface area contributed by atoms with Crippen molar-refractivity contribution < 1.29 is 14.5 Å². The second kappa shape index (κ2) is 8.76. The van der Waals surface area contributed by atoms with Crippen molar-refractivity contribution in [2.24, 2.45) is 0 Å². The number of anilines is 1. The van der Waals surface area contributed by atoms with Crippen LogP contribution >= 0.6 is 22.9 Å². The number of nitrogens with one attached hydrogen (secondary N) is 2. The molecular weight excluding hydrogens is 392 g/mol. The van der Waals surface area contributed by atoms with Gasteiger partial charge in [-0.1, -0.05) is 23.7 Å². The predicted octanol–water partition coefficient (Wildman–Crippen LogP) is 3.52. The molecule has 148 valence electrons. The van der Waals surface area contributed by atoms with Crippen LogP contribution in [0.4, 0.5) is 5.00 Å². The van der Waals surface area contributed by atoms with E-state index >= 15 is 0 Å². The quantitative estimate of drug-likeness (QED) is 0.731. The first kappa shape index (κ1) is 19.6. The summed E-state index contributed by atoms with van der Waals surface area (Å²) in [7, 11) is 0. The molecule has 6 heteroatoms. The molecule has 0 bridgehead atoms. The Balaban J connectivity index is 1.61. The highest BCUT2D eigenvalue weighted by molar-refractivity contribution is 7.17. The van der Waals surface area contributed by atoms with Gasteiger partial charge in [-0.2, -0.15) is 0 Å². The monoisotopic (exact) mass is 417 g/mol. The largest absolute Gasteiger partial charge is 0.327 e. The molecule has 1 aromatic carbocycles. The summed E-state index contributed by atoms with van der Waals surface area (Å²) < 4.78 is 0. The van der Waals surface area contributed by atoms with Crippen LogP contribution in [0.2, 0.25) is 5.02 Å². The number of hydrogen-bond donors (Lipinski definition) is 2. The Morgan fingerprint density at radius 2 is 1.79 bits per heavy atom. The molecule has 4 nitrogen and oxygen atoms in total. The minimum Gasteiger partial charge on any atom is -0.327 e. The normalized spacial score (nSPS) is 17.2. The number of carbonyl (C=O) groups excluding carboxylic acids is 2. The van der Waals surface area contributed by atoms with Gasteiger partial charge in [0.25, 0.3) is 5.91 Å². The molecule has 0 saturated carbocycles. The molecule has 1 aliphatic carbocycles. The first-order chi connectivity index (χ1) is 13.6. The Labute approximate surface area is 174 Å². The molecule has 1 fully saturated rings. The number of halogens is 1. The van der Waals surface area contributed by atoms with Crippen LogP contribution in [0.5, 0.6) is 0 Å². The molecule has 28 heavy (non-hydrogen) atoms. The van der Waals surface area contributed by atoms with Crippen molar-refractivity contribution in [1.82, 2.24) is 0 Å². The second-order valence-corrected chi connectivity index (χ2v) is 9.27. The van der Waals surface area contributed by atoms with Gasteiger partial charge in [0, 0.05) is 10.4 Å². The lowest BCUT2D eigenvalue weighted by Crippen LogP contribution is -3.13. The predicted molar refractivity (Wildman–Crippen MR) is 114 cm³/mol. The van der Waals surface area contributed by atoms with E-state index in [1.165, 1.54) is 29.0 Å². The van der Waals surface area contributed by atoms with Crippen LogP contribution in [0, 0.1) is 0 Å². The highest BCUT2D eigenvalue weighted by Crippen LogP contribution is 2.40. The minimum absolute atomic E-state index is 0.00343. The Morgan fingerprint density at radius 3 is 2.57 bits per heavy atom. The first-order valence-electron chi connectivity index (χ1n) is 10.2. The molecule has 1 saturated heterocycles. The van der Waals surface area contributed by atoms with E-state index in [1.54, 1.807) is 23.5 Å². The topological polar surface area (TPSA) is 50.6 Å². The van der Waals surface area contributed by atoms with E-state index in [0.29, 0.717) is 27.7 Å². The maximum atomic E-state index is 13.4. The highest BCUT2D eigenvalue weighted by Gasteiger charge is 2.28. The Hall–Kier alpha value is -1.69. The number of fused-ring (bicyclic) bond motifs is 1. The molecule has 2 heterocycles. The van der Waals surface area contributed by atoms with Crippen LogP contribution < -0.4 is 10.2 Å². The number of benzene rings is 1. The summed E-state index contributed by atoms with van der Waals surface area (Å²) >= 11 is 7.87. The number of ketones is 1. The third-order valence-electron chi connectivity index (χ3n) is 5.74. The van der Waals surface area contributed by atoms with Crippen LogP contribution in [0.3, 0.4) is 0 Å². The number of piperidine rings is 1. The summed E-state index contributed by atoms with van der Waals surface area (Å²) in [5.74, 6) is -0.0747. The Bertz CT molecular complexity index is 887. The van der Waals surface area contributed by atoms with Crippen LogP contribution in [0.15, 0.2) is 24.3 Å². The number of amides is 1. The second-order valence-electron chi connectivity index (χ2n) is 7.76. The van der Waals surface area contributed by atoms with Crippen LogP contribution in [-0.2, 0) is 17.6 Å². The molecular formula is C22H26ClN2O2S+. The maximum absolute atomic E-state index is 13.4. The molecule has 2 N–H and O–H groups in total. The molecule has 1 amide bonds. The summed E-state index contributed by atoms with van der Waals surface area (Å²) in [5, 5.41) is 4.24. The van der Waals surface area contributed by atoms with Crippen molar-refractivity contribution in [2.45, 2.75) is 44.9 Å². The smallest absolute Gasteiger partial charge is 0.280 e. The van der Waals surface area contributed by atoms with Gasteiger partial charge in [0.2, 0.25) is 0 Å². The minimum atomic E-state index is -0.0781. The number of carbonyl (C=O) groups is 2. The van der Waals surface area contributed by atoms with E-state index in [9.17, 15) is 9.59 Å². The zero-order chi connectivity index (χ0) is 19.5. The molecule has 2 aromatic rings. The number of rotatable bonds is 5.